The first kappa shape index (κ1) is 21.2. The maximum Gasteiger partial charge on any atom is 0.114 e. The van der Waals surface area contributed by atoms with Crippen LogP contribution in [-0.4, -0.2) is 9.55 Å². The van der Waals surface area contributed by atoms with E-state index in [0.717, 1.165) is 29.1 Å². The minimum Gasteiger partial charge on any atom is -0.306 e. The maximum atomic E-state index is 5.02. The molecule has 6 aromatic carbocycles. The van der Waals surface area contributed by atoms with Crippen LogP contribution in [0.3, 0.4) is 0 Å². The van der Waals surface area contributed by atoms with E-state index in [1.54, 1.807) is 0 Å². The summed E-state index contributed by atoms with van der Waals surface area (Å²) in [6.07, 6.45) is 0.871. The molecule has 180 valence electrons. The van der Waals surface area contributed by atoms with Gasteiger partial charge in [0, 0.05) is 12.1 Å². The van der Waals surface area contributed by atoms with Crippen molar-refractivity contribution in [2.75, 3.05) is 4.90 Å². The maximum absolute atomic E-state index is 5.02. The van der Waals surface area contributed by atoms with Crippen LogP contribution in [0.4, 0.5) is 17.1 Å². The largest absolute Gasteiger partial charge is 0.306 e. The van der Waals surface area contributed by atoms with E-state index in [2.05, 4.69) is 138 Å². The standard InChI is InChI=1S/C35H25N3/c1-2-34-36-30-17-10-18-32-35(30)38(34)31-20-19-24(22-33(31)37(32)25-12-4-3-5-13-25)29-21-23-11-6-7-14-26(23)27-15-8-9-16-28(27)29/h3-22H,2H2,1H3. The van der Waals surface area contributed by atoms with E-state index in [0.29, 0.717) is 0 Å². The number of fused-ring (bicyclic) bond motifs is 5. The van der Waals surface area contributed by atoms with Crippen LogP contribution in [0, 0.1) is 0 Å². The normalized spacial score (nSPS) is 12.4. The van der Waals surface area contributed by atoms with Gasteiger partial charge in [0.2, 0.25) is 0 Å². The molecule has 3 nitrogen and oxygen atoms in total. The number of hydrogen-bond acceptors (Lipinski definition) is 2. The molecule has 0 saturated heterocycles. The Kier molecular flexibility index (Phi) is 4.50. The Labute approximate surface area is 221 Å². The molecule has 0 N–H and O–H groups in total. The molecule has 7 aromatic rings. The first-order chi connectivity index (χ1) is 18.8. The predicted molar refractivity (Wildman–Crippen MR) is 159 cm³/mol. The third-order valence-electron chi connectivity index (χ3n) is 7.83. The van der Waals surface area contributed by atoms with Crippen LogP contribution in [0.5, 0.6) is 0 Å². The SMILES string of the molecule is CCc1nc2cccc3c2n1-c1ccc(-c2cc4ccccc4c4ccccc24)cc1N3c1ccccc1. The highest BCUT2D eigenvalue weighted by atomic mass is 15.2. The number of para-hydroxylation sites is 2. The number of imidazole rings is 1. The van der Waals surface area contributed by atoms with Crippen LogP contribution in [0.2, 0.25) is 0 Å². The van der Waals surface area contributed by atoms with Gasteiger partial charge < -0.3 is 4.90 Å². The average molecular weight is 488 g/mol. The molecule has 0 bridgehead atoms. The number of anilines is 3. The van der Waals surface area contributed by atoms with Crippen molar-refractivity contribution >= 4 is 49.6 Å². The third kappa shape index (κ3) is 2.93. The summed E-state index contributed by atoms with van der Waals surface area (Å²) >= 11 is 0. The molecule has 1 aromatic heterocycles. The van der Waals surface area contributed by atoms with E-state index < -0.39 is 0 Å². The van der Waals surface area contributed by atoms with Crippen LogP contribution in [0.25, 0.3) is 49.4 Å². The molecule has 1 aliphatic rings. The van der Waals surface area contributed by atoms with Gasteiger partial charge in [-0.15, -0.1) is 0 Å². The number of rotatable bonds is 3. The van der Waals surface area contributed by atoms with Crippen LogP contribution in [0.15, 0.2) is 121 Å². The molecule has 0 saturated carbocycles. The first-order valence-corrected chi connectivity index (χ1v) is 13.2. The molecule has 0 radical (unpaired) electrons. The summed E-state index contributed by atoms with van der Waals surface area (Å²) in [4.78, 5) is 7.42. The Bertz CT molecular complexity index is 2020. The molecule has 0 aliphatic carbocycles. The van der Waals surface area contributed by atoms with E-state index in [-0.39, 0.29) is 0 Å². The lowest BCUT2D eigenvalue weighted by atomic mass is 9.92. The first-order valence-electron chi connectivity index (χ1n) is 13.2. The highest BCUT2D eigenvalue weighted by Gasteiger charge is 2.29. The van der Waals surface area contributed by atoms with Gasteiger partial charge in [0.15, 0.2) is 0 Å². The van der Waals surface area contributed by atoms with Crippen molar-refractivity contribution in [2.45, 2.75) is 13.3 Å². The summed E-state index contributed by atoms with van der Waals surface area (Å²) in [5.74, 6) is 1.09. The van der Waals surface area contributed by atoms with E-state index in [9.17, 15) is 0 Å². The highest BCUT2D eigenvalue weighted by molar-refractivity contribution is 6.14. The van der Waals surface area contributed by atoms with Gasteiger partial charge in [-0.3, -0.25) is 4.57 Å². The number of aromatic nitrogens is 2. The third-order valence-corrected chi connectivity index (χ3v) is 7.83. The fourth-order valence-electron chi connectivity index (χ4n) is 6.17. The van der Waals surface area contributed by atoms with Gasteiger partial charge in [-0.05, 0) is 75.1 Å². The summed E-state index contributed by atoms with van der Waals surface area (Å²) < 4.78 is 2.36. The second-order valence-corrected chi connectivity index (χ2v) is 9.93. The fraction of sp³-hybridized carbons (Fsp3) is 0.0571. The Morgan fingerprint density at radius 3 is 2.21 bits per heavy atom. The molecule has 0 amide bonds. The van der Waals surface area contributed by atoms with Crippen molar-refractivity contribution < 1.29 is 0 Å². The Hall–Kier alpha value is -4.89. The zero-order valence-corrected chi connectivity index (χ0v) is 21.1. The Balaban J connectivity index is 1.46. The van der Waals surface area contributed by atoms with E-state index in [1.165, 1.54) is 49.6 Å². The smallest absolute Gasteiger partial charge is 0.114 e. The Morgan fingerprint density at radius 1 is 0.605 bits per heavy atom. The van der Waals surface area contributed by atoms with Crippen molar-refractivity contribution in [3.05, 3.63) is 127 Å². The summed E-state index contributed by atoms with van der Waals surface area (Å²) in [6, 6.07) is 43.8. The van der Waals surface area contributed by atoms with Crippen molar-refractivity contribution in [1.82, 2.24) is 9.55 Å². The van der Waals surface area contributed by atoms with Crippen LogP contribution < -0.4 is 4.90 Å². The van der Waals surface area contributed by atoms with Gasteiger partial charge in [0.25, 0.3) is 0 Å². The quantitative estimate of drug-likeness (QED) is 0.232. The number of hydrogen-bond donors (Lipinski definition) is 0. The van der Waals surface area contributed by atoms with Gasteiger partial charge in [-0.1, -0.05) is 85.8 Å². The van der Waals surface area contributed by atoms with E-state index in [4.69, 9.17) is 4.98 Å². The van der Waals surface area contributed by atoms with Gasteiger partial charge in [-0.25, -0.2) is 4.98 Å². The van der Waals surface area contributed by atoms with Gasteiger partial charge in [0.05, 0.1) is 28.1 Å². The molecule has 0 atom stereocenters. The lowest BCUT2D eigenvalue weighted by molar-refractivity contribution is 0.900. The van der Waals surface area contributed by atoms with Crippen LogP contribution in [-0.2, 0) is 6.42 Å². The van der Waals surface area contributed by atoms with Crippen molar-refractivity contribution in [2.24, 2.45) is 0 Å². The second-order valence-electron chi connectivity index (χ2n) is 9.93. The van der Waals surface area contributed by atoms with Crippen LogP contribution in [0.1, 0.15) is 12.7 Å². The van der Waals surface area contributed by atoms with Crippen molar-refractivity contribution in [3.63, 3.8) is 0 Å². The summed E-state index contributed by atoms with van der Waals surface area (Å²) in [7, 11) is 0. The highest BCUT2D eigenvalue weighted by Crippen LogP contribution is 2.48. The number of aryl methyl sites for hydroxylation is 1. The van der Waals surface area contributed by atoms with Gasteiger partial charge in [0.1, 0.15) is 5.82 Å². The van der Waals surface area contributed by atoms with Crippen molar-refractivity contribution in [3.8, 4) is 16.8 Å². The average Bonchev–Trinajstić information content (AvgIpc) is 3.37. The van der Waals surface area contributed by atoms with Crippen LogP contribution >= 0.6 is 0 Å². The molecule has 0 spiro atoms. The summed E-state index contributed by atoms with van der Waals surface area (Å²) in [5.41, 5.74) is 9.31. The van der Waals surface area contributed by atoms with Gasteiger partial charge >= 0.3 is 0 Å². The zero-order valence-electron chi connectivity index (χ0n) is 21.1. The molecule has 2 heterocycles. The summed E-state index contributed by atoms with van der Waals surface area (Å²) in [5, 5.41) is 5.10. The molecule has 0 fully saturated rings. The Morgan fingerprint density at radius 2 is 1.37 bits per heavy atom. The minimum atomic E-state index is 0.871. The molecule has 1 aliphatic heterocycles. The number of nitrogens with zero attached hydrogens (tertiary/aromatic N) is 3. The van der Waals surface area contributed by atoms with Crippen molar-refractivity contribution in [1.29, 1.82) is 0 Å². The fourth-order valence-corrected chi connectivity index (χ4v) is 6.17. The topological polar surface area (TPSA) is 21.1 Å². The predicted octanol–water partition coefficient (Wildman–Crippen LogP) is 9.34. The van der Waals surface area contributed by atoms with E-state index >= 15 is 0 Å². The zero-order chi connectivity index (χ0) is 25.2. The molecular weight excluding hydrogens is 462 g/mol. The molecule has 0 unspecified atom stereocenters. The van der Waals surface area contributed by atoms with Gasteiger partial charge in [-0.2, -0.15) is 0 Å². The van der Waals surface area contributed by atoms with E-state index in [1.807, 2.05) is 0 Å². The number of benzene rings is 6. The molecular formula is C35H25N3. The monoisotopic (exact) mass is 487 g/mol. The lowest BCUT2D eigenvalue weighted by Crippen LogP contribution is -2.19. The molecule has 3 heteroatoms. The minimum absolute atomic E-state index is 0.871. The lowest BCUT2D eigenvalue weighted by Gasteiger charge is -2.33. The molecule has 8 rings (SSSR count). The summed E-state index contributed by atoms with van der Waals surface area (Å²) in [6.45, 7) is 2.18. The second kappa shape index (κ2) is 8.06. The molecule has 38 heavy (non-hydrogen) atoms.